The van der Waals surface area contributed by atoms with Crippen LogP contribution >= 0.6 is 12.6 Å². The zero-order chi connectivity index (χ0) is 6.69. The third-order valence-corrected chi connectivity index (χ3v) is 1.28. The number of carbonyl (C=O) groups excluding carboxylic acids is 1. The molecule has 1 nitrogen and oxygen atoms in total. The average Bonchev–Trinajstić information content (AvgIpc) is 1.90. The number of rotatable bonds is 1. The summed E-state index contributed by atoms with van der Waals surface area (Å²) in [5.41, 5.74) is 0.640. The van der Waals surface area contributed by atoms with Crippen LogP contribution in [0.1, 0.15) is 11.8 Å². The first-order valence-electron chi connectivity index (χ1n) is 2.59. The molecule has 0 heterocycles. The zero-order valence-electron chi connectivity index (χ0n) is 6.74. The van der Waals surface area contributed by atoms with Crippen LogP contribution in [0.3, 0.4) is 0 Å². The fourth-order valence-corrected chi connectivity index (χ4v) is 0.730. The van der Waals surface area contributed by atoms with Crippen molar-refractivity contribution in [2.24, 2.45) is 0 Å². The van der Waals surface area contributed by atoms with Crippen molar-refractivity contribution < 1.29 is 75.1 Å². The molecule has 0 amide bonds. The minimum absolute atomic E-state index is 0. The summed E-state index contributed by atoms with van der Waals surface area (Å²) in [5.74, 6) is 0. The molecular weight excluding hydrogens is 265 g/mol. The second-order valence-electron chi connectivity index (χ2n) is 1.67. The van der Waals surface area contributed by atoms with E-state index in [0.29, 0.717) is 5.56 Å². The monoisotopic (exact) mass is 272 g/mol. The molecule has 0 spiro atoms. The van der Waals surface area contributed by atoms with E-state index in [1.54, 1.807) is 12.1 Å². The first kappa shape index (κ1) is 11.3. The Bertz CT molecular complexity index is 215. The van der Waals surface area contributed by atoms with Gasteiger partial charge in [0.2, 0.25) is 5.12 Å². The van der Waals surface area contributed by atoms with Gasteiger partial charge in [0.15, 0.2) is 0 Å². The van der Waals surface area contributed by atoms with Gasteiger partial charge in [0.1, 0.15) is 0 Å². The van der Waals surface area contributed by atoms with Gasteiger partial charge in [-0.05, 0) is 0 Å². The minimum Gasteiger partial charge on any atom is -1.00 e. The van der Waals surface area contributed by atoms with Gasteiger partial charge in [-0.3, -0.25) is 4.79 Å². The van der Waals surface area contributed by atoms with E-state index in [4.69, 9.17) is 0 Å². The fraction of sp³-hybridized carbons (Fsp3) is 0. The summed E-state index contributed by atoms with van der Waals surface area (Å²) in [6, 6.07) is 8.94. The van der Waals surface area contributed by atoms with Crippen LogP contribution in [0.2, 0.25) is 0 Å². The molecular formula is C7H7CsOS. The van der Waals surface area contributed by atoms with Gasteiger partial charge in [-0.2, -0.15) is 0 Å². The van der Waals surface area contributed by atoms with Crippen molar-refractivity contribution >= 4 is 17.7 Å². The molecule has 1 rings (SSSR count). The minimum atomic E-state index is -0.185. The molecule has 0 fully saturated rings. The Hall–Kier alpha value is 1.29. The summed E-state index contributed by atoms with van der Waals surface area (Å²) in [7, 11) is 0. The third kappa shape index (κ3) is 3.62. The maximum atomic E-state index is 10.5. The van der Waals surface area contributed by atoms with Crippen molar-refractivity contribution in [3.63, 3.8) is 0 Å². The maximum Gasteiger partial charge on any atom is 1.00 e. The zero-order valence-corrected chi connectivity index (χ0v) is 12.9. The predicted molar refractivity (Wildman–Crippen MR) is 40.9 cm³/mol. The normalized spacial score (nSPS) is 8.10. The van der Waals surface area contributed by atoms with E-state index in [9.17, 15) is 4.79 Å². The Kier molecular flexibility index (Phi) is 6.64. The van der Waals surface area contributed by atoms with Gasteiger partial charge in [0, 0.05) is 5.56 Å². The summed E-state index contributed by atoms with van der Waals surface area (Å²) in [5, 5.41) is -0.185. The molecule has 1 aromatic rings. The molecule has 0 N–H and O–H groups in total. The molecule has 0 atom stereocenters. The molecule has 0 unspecified atom stereocenters. The van der Waals surface area contributed by atoms with Crippen LogP contribution < -0.4 is 68.9 Å². The van der Waals surface area contributed by atoms with E-state index < -0.39 is 0 Å². The molecule has 48 valence electrons. The maximum absolute atomic E-state index is 10.5. The summed E-state index contributed by atoms with van der Waals surface area (Å²) < 4.78 is 0. The average molecular weight is 272 g/mol. The largest absolute Gasteiger partial charge is 1.00 e. The van der Waals surface area contributed by atoms with Crippen molar-refractivity contribution in [1.29, 1.82) is 0 Å². The Morgan fingerprint density at radius 3 is 2.10 bits per heavy atom. The van der Waals surface area contributed by atoms with Gasteiger partial charge in [0.05, 0.1) is 0 Å². The third-order valence-electron chi connectivity index (χ3n) is 1.02. The summed E-state index contributed by atoms with van der Waals surface area (Å²) in [4.78, 5) is 10.5. The van der Waals surface area contributed by atoms with Crippen LogP contribution in [-0.4, -0.2) is 5.12 Å². The van der Waals surface area contributed by atoms with Crippen LogP contribution in [0.5, 0.6) is 0 Å². The molecule has 0 aromatic heterocycles. The second-order valence-corrected chi connectivity index (χ2v) is 2.08. The molecule has 0 saturated heterocycles. The molecule has 1 aromatic carbocycles. The quantitative estimate of drug-likeness (QED) is 0.640. The number of hydrogen-bond donors (Lipinski definition) is 1. The second kappa shape index (κ2) is 5.88. The van der Waals surface area contributed by atoms with Crippen molar-refractivity contribution in [2.45, 2.75) is 0 Å². The molecule has 0 aliphatic rings. The first-order chi connectivity index (χ1) is 4.30. The van der Waals surface area contributed by atoms with Crippen LogP contribution in [0.25, 0.3) is 0 Å². The van der Waals surface area contributed by atoms with E-state index in [-0.39, 0.29) is 75.4 Å². The topological polar surface area (TPSA) is 17.1 Å². The molecule has 0 aliphatic carbocycles. The molecule has 0 aliphatic heterocycles. The van der Waals surface area contributed by atoms with Crippen LogP contribution in [0.4, 0.5) is 0 Å². The van der Waals surface area contributed by atoms with Gasteiger partial charge < -0.3 is 1.43 Å². The SMILES string of the molecule is O=C(S)c1ccccc1.[Cs+].[H-]. The van der Waals surface area contributed by atoms with Crippen molar-refractivity contribution in [2.75, 3.05) is 0 Å². The van der Waals surface area contributed by atoms with Gasteiger partial charge in [-0.25, -0.2) is 0 Å². The number of benzene rings is 1. The number of carbonyl (C=O) groups is 1. The van der Waals surface area contributed by atoms with Gasteiger partial charge in [-0.1, -0.05) is 30.3 Å². The Morgan fingerprint density at radius 2 is 1.80 bits per heavy atom. The fourth-order valence-electron chi connectivity index (χ4n) is 0.581. The van der Waals surface area contributed by atoms with E-state index >= 15 is 0 Å². The molecule has 3 heteroatoms. The first-order valence-corrected chi connectivity index (χ1v) is 3.04. The van der Waals surface area contributed by atoms with Crippen LogP contribution in [0.15, 0.2) is 30.3 Å². The Labute approximate surface area is 126 Å². The Morgan fingerprint density at radius 1 is 1.30 bits per heavy atom. The summed E-state index contributed by atoms with van der Waals surface area (Å²) >= 11 is 3.65. The van der Waals surface area contributed by atoms with Gasteiger partial charge in [0.25, 0.3) is 0 Å². The van der Waals surface area contributed by atoms with Crippen molar-refractivity contribution in [1.82, 2.24) is 0 Å². The van der Waals surface area contributed by atoms with E-state index in [2.05, 4.69) is 12.6 Å². The smallest absolute Gasteiger partial charge is 1.00 e. The summed E-state index contributed by atoms with van der Waals surface area (Å²) in [6.07, 6.45) is 0. The number of thiol groups is 1. The van der Waals surface area contributed by atoms with Crippen molar-refractivity contribution in [3.05, 3.63) is 35.9 Å². The van der Waals surface area contributed by atoms with Gasteiger partial charge in [-0.15, -0.1) is 12.6 Å². The van der Waals surface area contributed by atoms with E-state index in [1.165, 1.54) is 0 Å². The Balaban J connectivity index is 0. The molecule has 10 heavy (non-hydrogen) atoms. The van der Waals surface area contributed by atoms with Crippen LogP contribution in [0, 0.1) is 0 Å². The molecule has 0 saturated carbocycles. The molecule has 0 bridgehead atoms. The van der Waals surface area contributed by atoms with Gasteiger partial charge >= 0.3 is 68.9 Å². The van der Waals surface area contributed by atoms with Crippen LogP contribution in [-0.2, 0) is 0 Å². The molecule has 0 radical (unpaired) electrons. The standard InChI is InChI=1S/C7H6OS.Cs.H/c8-7(9)6-4-2-1-3-5-6;;/h1-5H,(H,8,9);;/q;+1;-1. The van der Waals surface area contributed by atoms with E-state index in [0.717, 1.165) is 0 Å². The van der Waals surface area contributed by atoms with Crippen molar-refractivity contribution in [3.8, 4) is 0 Å². The predicted octanol–water partition coefficient (Wildman–Crippen LogP) is -1.13. The summed E-state index contributed by atoms with van der Waals surface area (Å²) in [6.45, 7) is 0. The number of hydrogen-bond acceptors (Lipinski definition) is 1. The van der Waals surface area contributed by atoms with E-state index in [1.807, 2.05) is 18.2 Å².